The van der Waals surface area contributed by atoms with Gasteiger partial charge in [-0.1, -0.05) is 13.8 Å². The maximum absolute atomic E-state index is 12.2. The molecule has 0 saturated carbocycles. The van der Waals surface area contributed by atoms with Gasteiger partial charge in [-0.15, -0.1) is 11.8 Å². The Morgan fingerprint density at radius 1 is 1.22 bits per heavy atom. The summed E-state index contributed by atoms with van der Waals surface area (Å²) in [7, 11) is 0. The predicted octanol–water partition coefficient (Wildman–Crippen LogP) is -1.37. The van der Waals surface area contributed by atoms with Gasteiger partial charge >= 0.3 is 5.97 Å². The van der Waals surface area contributed by atoms with Crippen molar-refractivity contribution >= 4 is 35.5 Å². The number of carboxylic acids is 1. The fraction of sp³-hybridized carbons (Fsp3) is 0.700. The van der Waals surface area contributed by atoms with Gasteiger partial charge in [0.05, 0.1) is 24.7 Å². The summed E-state index contributed by atoms with van der Waals surface area (Å²) in [5.41, 5.74) is -1.05. The van der Waals surface area contributed by atoms with Gasteiger partial charge in [0.15, 0.2) is 0 Å². The summed E-state index contributed by atoms with van der Waals surface area (Å²) in [6, 6.07) is -0.347. The van der Waals surface area contributed by atoms with E-state index in [1.54, 1.807) is 13.8 Å². The van der Waals surface area contributed by atoms with Crippen LogP contribution in [0.1, 0.15) is 33.6 Å². The van der Waals surface area contributed by atoms with E-state index in [0.29, 0.717) is 17.1 Å². The fourth-order valence-electron chi connectivity index (χ4n) is 3.65. The number of carbonyl (C=O) groups excluding carboxylic acids is 3. The number of fused-ring (bicyclic) bond motifs is 1. The third-order valence-electron chi connectivity index (χ3n) is 5.64. The Morgan fingerprint density at radius 2 is 1.88 bits per heavy atom. The van der Waals surface area contributed by atoms with E-state index >= 15 is 0 Å². The Hall–Kier alpha value is -2.15. The van der Waals surface area contributed by atoms with E-state index in [1.807, 2.05) is 0 Å². The molecule has 11 nitrogen and oxygen atoms in total. The third kappa shape index (κ3) is 5.61. The van der Waals surface area contributed by atoms with Crippen LogP contribution in [0.2, 0.25) is 0 Å². The van der Waals surface area contributed by atoms with Crippen LogP contribution in [0.25, 0.3) is 0 Å². The topological polar surface area (TPSA) is 176 Å². The first kappa shape index (κ1) is 26.1. The lowest BCUT2D eigenvalue weighted by Gasteiger charge is -2.44. The highest BCUT2D eigenvalue weighted by Gasteiger charge is 2.56. The molecule has 3 amide bonds. The molecule has 180 valence electrons. The van der Waals surface area contributed by atoms with Gasteiger partial charge < -0.3 is 36.0 Å². The minimum atomic E-state index is -1.40. The zero-order chi connectivity index (χ0) is 24.2. The van der Waals surface area contributed by atoms with Crippen LogP contribution in [-0.2, 0) is 19.2 Å². The first-order chi connectivity index (χ1) is 14.9. The van der Waals surface area contributed by atoms with Crippen molar-refractivity contribution in [1.82, 2.24) is 15.5 Å². The lowest BCUT2D eigenvalue weighted by atomic mass is 9.83. The van der Waals surface area contributed by atoms with Crippen LogP contribution in [0.15, 0.2) is 10.6 Å². The number of aliphatic carboxylic acids is 1. The van der Waals surface area contributed by atoms with Gasteiger partial charge in [0.1, 0.15) is 11.8 Å². The molecular formula is C20H31N3O8S. The first-order valence-corrected chi connectivity index (χ1v) is 11.3. The van der Waals surface area contributed by atoms with Crippen LogP contribution in [0, 0.1) is 11.3 Å². The van der Waals surface area contributed by atoms with Crippen molar-refractivity contribution in [2.24, 2.45) is 11.3 Å². The SMILES string of the molecule is C[C@H](O)C1C(=O)N2C(C(=O)O)=C(SCCNC(=O)CCNC(=O)[C@H](O)C(C)(C)CO)CC12. The number of nitrogens with one attached hydrogen (secondary N) is 2. The molecule has 12 heteroatoms. The molecule has 32 heavy (non-hydrogen) atoms. The van der Waals surface area contributed by atoms with Crippen LogP contribution in [0.3, 0.4) is 0 Å². The fourth-order valence-corrected chi connectivity index (χ4v) is 4.71. The lowest BCUT2D eigenvalue weighted by molar-refractivity contribution is -0.161. The van der Waals surface area contributed by atoms with E-state index in [4.69, 9.17) is 0 Å². The minimum absolute atomic E-state index is 0.00776. The highest BCUT2D eigenvalue weighted by Crippen LogP contribution is 2.46. The van der Waals surface area contributed by atoms with Crippen molar-refractivity contribution in [3.63, 3.8) is 0 Å². The number of aliphatic hydroxyl groups excluding tert-OH is 3. The van der Waals surface area contributed by atoms with Crippen LogP contribution in [0.5, 0.6) is 0 Å². The number of rotatable bonds is 12. The summed E-state index contributed by atoms with van der Waals surface area (Å²) >= 11 is 1.25. The molecule has 0 bridgehead atoms. The Balaban J connectivity index is 1.73. The summed E-state index contributed by atoms with van der Waals surface area (Å²) in [6.07, 6.45) is -1.90. The summed E-state index contributed by atoms with van der Waals surface area (Å²) in [6.45, 7) is 4.50. The quantitative estimate of drug-likeness (QED) is 0.147. The van der Waals surface area contributed by atoms with Gasteiger partial charge in [-0.25, -0.2) is 4.79 Å². The Morgan fingerprint density at radius 3 is 2.44 bits per heavy atom. The molecular weight excluding hydrogens is 442 g/mol. The minimum Gasteiger partial charge on any atom is -0.477 e. The van der Waals surface area contributed by atoms with Gasteiger partial charge in [0.25, 0.3) is 0 Å². The third-order valence-corrected chi connectivity index (χ3v) is 6.76. The molecule has 1 fully saturated rings. The predicted molar refractivity (Wildman–Crippen MR) is 115 cm³/mol. The van der Waals surface area contributed by atoms with Gasteiger partial charge in [-0.2, -0.15) is 0 Å². The second-order valence-corrected chi connectivity index (χ2v) is 9.80. The van der Waals surface area contributed by atoms with Crippen LogP contribution in [-0.4, -0.2) is 92.7 Å². The second kappa shape index (κ2) is 10.6. The molecule has 2 heterocycles. The van der Waals surface area contributed by atoms with Gasteiger partial charge in [-0.05, 0) is 6.92 Å². The largest absolute Gasteiger partial charge is 0.477 e. The number of β-lactam (4-membered cyclic amide) rings is 1. The van der Waals surface area contributed by atoms with Crippen molar-refractivity contribution in [2.75, 3.05) is 25.4 Å². The molecule has 2 aliphatic heterocycles. The van der Waals surface area contributed by atoms with Gasteiger partial charge in [0.2, 0.25) is 17.7 Å². The Kier molecular flexibility index (Phi) is 8.68. The number of carboxylic acid groups (broad SMARTS) is 1. The number of amides is 3. The van der Waals surface area contributed by atoms with Crippen molar-refractivity contribution in [2.45, 2.75) is 51.9 Å². The molecule has 4 atom stereocenters. The number of hydrogen-bond acceptors (Lipinski definition) is 8. The normalized spacial score (nSPS) is 22.2. The standard InChI is InChI=1S/C20H31N3O8S/c1-10(25)14-11-8-12(15(19(30)31)23(11)18(14)29)32-7-6-21-13(26)4-5-22-17(28)16(27)20(2,3)9-24/h10-11,14,16,24-25,27H,4-9H2,1-3H3,(H,21,26)(H,22,28)(H,30,31)/t10-,11?,14?,16-/m0/s1. The molecule has 0 aromatic carbocycles. The van der Waals surface area contributed by atoms with E-state index < -0.39 is 35.4 Å². The number of nitrogens with zero attached hydrogens (tertiary/aromatic N) is 1. The maximum Gasteiger partial charge on any atom is 0.353 e. The molecule has 1 saturated heterocycles. The highest BCUT2D eigenvalue weighted by molar-refractivity contribution is 8.03. The van der Waals surface area contributed by atoms with Gasteiger partial charge in [0, 0.05) is 42.0 Å². The average molecular weight is 474 g/mol. The highest BCUT2D eigenvalue weighted by atomic mass is 32.2. The molecule has 0 radical (unpaired) electrons. The molecule has 6 N–H and O–H groups in total. The first-order valence-electron chi connectivity index (χ1n) is 10.4. The Labute approximate surface area is 190 Å². The summed E-state index contributed by atoms with van der Waals surface area (Å²) in [4.78, 5) is 49.3. The summed E-state index contributed by atoms with van der Waals surface area (Å²) < 4.78 is 0. The average Bonchev–Trinajstić information content (AvgIpc) is 3.04. The van der Waals surface area contributed by atoms with Crippen molar-refractivity contribution in [3.8, 4) is 0 Å². The zero-order valence-corrected chi connectivity index (χ0v) is 19.1. The van der Waals surface area contributed by atoms with E-state index in [1.165, 1.54) is 23.6 Å². The van der Waals surface area contributed by atoms with Crippen molar-refractivity contribution < 1.29 is 39.6 Å². The van der Waals surface area contributed by atoms with Crippen LogP contribution < -0.4 is 10.6 Å². The van der Waals surface area contributed by atoms with E-state index in [2.05, 4.69) is 10.6 Å². The van der Waals surface area contributed by atoms with E-state index in [9.17, 15) is 39.6 Å². The molecule has 0 aliphatic carbocycles. The molecule has 2 aliphatic rings. The zero-order valence-electron chi connectivity index (χ0n) is 18.3. The van der Waals surface area contributed by atoms with Crippen molar-refractivity contribution in [3.05, 3.63) is 10.6 Å². The lowest BCUT2D eigenvalue weighted by Crippen LogP contribution is -2.61. The van der Waals surface area contributed by atoms with Gasteiger partial charge in [-0.3, -0.25) is 14.4 Å². The molecule has 0 aromatic rings. The number of thioether (sulfide) groups is 1. The van der Waals surface area contributed by atoms with E-state index in [0.717, 1.165) is 0 Å². The molecule has 2 unspecified atom stereocenters. The molecule has 0 spiro atoms. The number of carbonyl (C=O) groups is 4. The second-order valence-electron chi connectivity index (χ2n) is 8.61. The van der Waals surface area contributed by atoms with Crippen LogP contribution in [0.4, 0.5) is 0 Å². The number of hydrogen-bond donors (Lipinski definition) is 6. The van der Waals surface area contributed by atoms with Crippen LogP contribution >= 0.6 is 11.8 Å². The van der Waals surface area contributed by atoms with Crippen molar-refractivity contribution in [1.29, 1.82) is 0 Å². The number of aliphatic hydroxyl groups is 3. The maximum atomic E-state index is 12.2. The van der Waals surface area contributed by atoms with E-state index in [-0.39, 0.29) is 49.7 Å². The monoisotopic (exact) mass is 473 g/mol. The summed E-state index contributed by atoms with van der Waals surface area (Å²) in [5.74, 6) is -2.79. The Bertz CT molecular complexity index is 798. The molecule has 2 rings (SSSR count). The molecule has 0 aromatic heterocycles. The summed E-state index contributed by atoms with van der Waals surface area (Å²) in [5, 5.41) is 43.4. The smallest absolute Gasteiger partial charge is 0.353 e.